The van der Waals surface area contributed by atoms with Crippen LogP contribution in [0.2, 0.25) is 0 Å². The Hall–Kier alpha value is 0.640. The molecule has 0 aromatic rings. The van der Waals surface area contributed by atoms with Crippen molar-refractivity contribution < 1.29 is 17.8 Å². The maximum atomic E-state index is 10.2. The van der Waals surface area contributed by atoms with Gasteiger partial charge in [-0.3, -0.25) is 9.35 Å². The van der Waals surface area contributed by atoms with Crippen LogP contribution in [0.4, 0.5) is 0 Å². The molecule has 1 amide bonds. The van der Waals surface area contributed by atoms with E-state index in [1.807, 2.05) is 0 Å². The molecule has 0 aromatic heterocycles. The van der Waals surface area contributed by atoms with Crippen molar-refractivity contribution in [3.8, 4) is 0 Å². The van der Waals surface area contributed by atoms with Gasteiger partial charge in [0.25, 0.3) is 10.1 Å². The first kappa shape index (κ1) is 15.1. The Balaban J connectivity index is 0. The Labute approximate surface area is 102 Å². The molecule has 0 bridgehead atoms. The first-order valence-electron chi connectivity index (χ1n) is 3.11. The molecule has 12 heavy (non-hydrogen) atoms. The molecule has 0 aliphatic heterocycles. The van der Waals surface area contributed by atoms with Gasteiger partial charge in [0, 0.05) is 51.2 Å². The summed E-state index contributed by atoms with van der Waals surface area (Å²) in [6.45, 7) is 1.61. The number of nitrogens with one attached hydrogen (secondary N) is 1. The molecule has 0 unspecified atom stereocenters. The molecule has 0 rings (SSSR count). The van der Waals surface area contributed by atoms with Gasteiger partial charge in [-0.2, -0.15) is 8.42 Å². The fourth-order valence-electron chi connectivity index (χ4n) is 0.519. The molecular weight excluding hydrogens is 210 g/mol. The number of hydrogen-bond donors (Lipinski definition) is 2. The van der Waals surface area contributed by atoms with Crippen LogP contribution in [-0.4, -0.2) is 68.9 Å². The zero-order valence-electron chi connectivity index (χ0n) is 6.91. The molecule has 0 saturated heterocycles. The Kier molecular flexibility index (Phi) is 8.93. The minimum absolute atomic E-state index is 0. The number of hydrogen-bond acceptors (Lipinski definition) is 3. The molecule has 5 nitrogen and oxygen atoms in total. The van der Waals surface area contributed by atoms with Gasteiger partial charge >= 0.3 is 0 Å². The molecular formula is C5H11CaNO4S. The molecule has 0 aliphatic rings. The van der Waals surface area contributed by atoms with Crippen molar-refractivity contribution in [2.75, 3.05) is 12.3 Å². The molecule has 2 radical (unpaired) electrons. The summed E-state index contributed by atoms with van der Waals surface area (Å²) >= 11 is 0. The fraction of sp³-hybridized carbons (Fsp3) is 0.800. The summed E-state index contributed by atoms with van der Waals surface area (Å²) in [5.74, 6) is -0.520. The predicted octanol–water partition coefficient (Wildman–Crippen LogP) is -0.980. The van der Waals surface area contributed by atoms with Crippen molar-refractivity contribution in [1.82, 2.24) is 5.32 Å². The van der Waals surface area contributed by atoms with Crippen molar-refractivity contribution >= 4 is 53.8 Å². The van der Waals surface area contributed by atoms with Gasteiger partial charge in [-0.15, -0.1) is 0 Å². The smallest absolute Gasteiger partial charge is 0.264 e. The van der Waals surface area contributed by atoms with Gasteiger partial charge in [0.15, 0.2) is 0 Å². The Bertz CT molecular complexity index is 226. The third-order valence-corrected chi connectivity index (χ3v) is 1.76. The Morgan fingerprint density at radius 1 is 1.50 bits per heavy atom. The van der Waals surface area contributed by atoms with E-state index in [-0.39, 0.29) is 62.4 Å². The van der Waals surface area contributed by atoms with E-state index in [9.17, 15) is 13.2 Å². The molecule has 0 fully saturated rings. The van der Waals surface area contributed by atoms with Gasteiger partial charge in [-0.05, 0) is 6.42 Å². The molecule has 0 saturated carbocycles. The van der Waals surface area contributed by atoms with Gasteiger partial charge in [0.2, 0.25) is 5.91 Å². The van der Waals surface area contributed by atoms with E-state index in [2.05, 4.69) is 5.32 Å². The van der Waals surface area contributed by atoms with E-state index in [1.54, 1.807) is 0 Å². The molecule has 0 atom stereocenters. The van der Waals surface area contributed by atoms with Gasteiger partial charge in [0.1, 0.15) is 0 Å². The maximum Gasteiger partial charge on any atom is 0.264 e. The molecule has 0 aromatic carbocycles. The summed E-state index contributed by atoms with van der Waals surface area (Å²) in [4.78, 5) is 10.2. The van der Waals surface area contributed by atoms with Crippen LogP contribution in [-0.2, 0) is 14.9 Å². The average Bonchev–Trinajstić information content (AvgIpc) is 1.78. The molecule has 0 aliphatic carbocycles. The van der Waals surface area contributed by atoms with E-state index in [4.69, 9.17) is 4.55 Å². The molecule has 7 heteroatoms. The fourth-order valence-corrected chi connectivity index (χ4v) is 1.03. The topological polar surface area (TPSA) is 83.5 Å². The third-order valence-electron chi connectivity index (χ3n) is 0.953. The SMILES string of the molecule is CC(=O)NCCCS(=O)(=O)O.[Ca]. The van der Waals surface area contributed by atoms with Crippen LogP contribution >= 0.6 is 0 Å². The van der Waals surface area contributed by atoms with E-state index in [0.717, 1.165) is 0 Å². The van der Waals surface area contributed by atoms with E-state index >= 15 is 0 Å². The maximum absolute atomic E-state index is 10.2. The van der Waals surface area contributed by atoms with Crippen LogP contribution in [0.5, 0.6) is 0 Å². The van der Waals surface area contributed by atoms with Crippen molar-refractivity contribution in [2.24, 2.45) is 0 Å². The van der Waals surface area contributed by atoms with Gasteiger partial charge in [0.05, 0.1) is 5.75 Å². The Morgan fingerprint density at radius 3 is 2.33 bits per heavy atom. The predicted molar refractivity (Wildman–Crippen MR) is 45.5 cm³/mol. The van der Waals surface area contributed by atoms with Gasteiger partial charge in [-0.1, -0.05) is 0 Å². The quantitative estimate of drug-likeness (QED) is 0.363. The minimum atomic E-state index is -3.87. The van der Waals surface area contributed by atoms with Gasteiger partial charge in [-0.25, -0.2) is 0 Å². The molecule has 0 spiro atoms. The van der Waals surface area contributed by atoms with Crippen molar-refractivity contribution in [1.29, 1.82) is 0 Å². The standard InChI is InChI=1S/C5H11NO4S.Ca/c1-5(7)6-3-2-4-11(8,9)10;/h2-4H2,1H3,(H,6,7)(H,8,9,10);. The minimum Gasteiger partial charge on any atom is -0.356 e. The number of carbonyl (C=O) groups is 1. The van der Waals surface area contributed by atoms with Crippen LogP contribution in [0.1, 0.15) is 13.3 Å². The van der Waals surface area contributed by atoms with Crippen molar-refractivity contribution in [3.63, 3.8) is 0 Å². The zero-order chi connectivity index (χ0) is 8.91. The van der Waals surface area contributed by atoms with Gasteiger partial charge < -0.3 is 5.32 Å². The molecule has 68 valence electrons. The number of carbonyl (C=O) groups excluding carboxylic acids is 1. The van der Waals surface area contributed by atoms with E-state index in [1.165, 1.54) is 6.92 Å². The first-order valence-corrected chi connectivity index (χ1v) is 4.72. The second-order valence-electron chi connectivity index (χ2n) is 2.12. The van der Waals surface area contributed by atoms with Crippen LogP contribution in [0, 0.1) is 0 Å². The van der Waals surface area contributed by atoms with Crippen LogP contribution < -0.4 is 5.32 Å². The number of rotatable bonds is 4. The second kappa shape index (κ2) is 7.08. The number of amides is 1. The van der Waals surface area contributed by atoms with Crippen LogP contribution in [0.3, 0.4) is 0 Å². The van der Waals surface area contributed by atoms with E-state index < -0.39 is 10.1 Å². The third kappa shape index (κ3) is 13.2. The average molecular weight is 221 g/mol. The largest absolute Gasteiger partial charge is 0.356 e. The summed E-state index contributed by atoms with van der Waals surface area (Å²) in [5, 5.41) is 2.40. The first-order chi connectivity index (χ1) is 4.92. The monoisotopic (exact) mass is 221 g/mol. The van der Waals surface area contributed by atoms with Crippen molar-refractivity contribution in [3.05, 3.63) is 0 Å². The van der Waals surface area contributed by atoms with Crippen molar-refractivity contribution in [2.45, 2.75) is 13.3 Å². The summed E-state index contributed by atoms with van der Waals surface area (Å²) in [6.07, 6.45) is 0.235. The summed E-state index contributed by atoms with van der Waals surface area (Å²) < 4.78 is 28.5. The van der Waals surface area contributed by atoms with E-state index in [0.29, 0.717) is 0 Å². The van der Waals surface area contributed by atoms with Crippen LogP contribution in [0.25, 0.3) is 0 Å². The normalized spacial score (nSPS) is 10.2. The molecule has 0 heterocycles. The second-order valence-corrected chi connectivity index (χ2v) is 3.69. The van der Waals surface area contributed by atoms with Crippen LogP contribution in [0.15, 0.2) is 0 Å². The summed E-state index contributed by atoms with van der Waals surface area (Å²) in [5.41, 5.74) is 0. The summed E-state index contributed by atoms with van der Waals surface area (Å²) in [7, 11) is -3.87. The zero-order valence-corrected chi connectivity index (χ0v) is 9.93. The summed E-state index contributed by atoms with van der Waals surface area (Å²) in [6, 6.07) is 0. The Morgan fingerprint density at radius 2 is 2.00 bits per heavy atom. The molecule has 2 N–H and O–H groups in total.